The molecular weight excluding hydrogens is 410 g/mol. The van der Waals surface area contributed by atoms with E-state index in [4.69, 9.17) is 0 Å². The van der Waals surface area contributed by atoms with Crippen molar-refractivity contribution in [3.8, 4) is 0 Å². The second-order valence-electron chi connectivity index (χ2n) is 8.59. The Labute approximate surface area is 185 Å². The van der Waals surface area contributed by atoms with E-state index in [2.05, 4.69) is 30.9 Å². The number of likely N-dealkylation sites (tertiary alicyclic amines) is 1. The van der Waals surface area contributed by atoms with Crippen LogP contribution in [-0.2, 0) is 10.0 Å². The molecule has 1 amide bonds. The molecular formula is C24H31N3O3S. The summed E-state index contributed by atoms with van der Waals surface area (Å²) in [5.41, 5.74) is 4.96. The third-order valence-corrected chi connectivity index (χ3v) is 8.52. The van der Waals surface area contributed by atoms with E-state index in [1.54, 1.807) is 22.5 Å². The van der Waals surface area contributed by atoms with E-state index in [1.165, 1.54) is 16.8 Å². The molecule has 7 heteroatoms. The number of benzene rings is 2. The number of carbonyl (C=O) groups is 1. The van der Waals surface area contributed by atoms with Crippen molar-refractivity contribution in [2.75, 3.05) is 44.2 Å². The Morgan fingerprint density at radius 3 is 2.19 bits per heavy atom. The number of aryl methyl sites for hydroxylation is 2. The number of piperazine rings is 1. The van der Waals surface area contributed by atoms with Gasteiger partial charge in [-0.15, -0.1) is 0 Å². The van der Waals surface area contributed by atoms with Gasteiger partial charge in [0.25, 0.3) is 5.91 Å². The van der Waals surface area contributed by atoms with Crippen LogP contribution in [0.4, 0.5) is 5.69 Å². The lowest BCUT2D eigenvalue weighted by atomic mass is 10.1. The topological polar surface area (TPSA) is 60.9 Å². The van der Waals surface area contributed by atoms with Gasteiger partial charge in [-0.25, -0.2) is 8.42 Å². The summed E-state index contributed by atoms with van der Waals surface area (Å²) >= 11 is 0. The molecule has 2 saturated heterocycles. The molecule has 2 aromatic carbocycles. The summed E-state index contributed by atoms with van der Waals surface area (Å²) in [5.74, 6) is -0.0632. The van der Waals surface area contributed by atoms with Gasteiger partial charge in [0.1, 0.15) is 0 Å². The molecule has 2 heterocycles. The van der Waals surface area contributed by atoms with E-state index in [9.17, 15) is 13.2 Å². The maximum atomic E-state index is 13.3. The van der Waals surface area contributed by atoms with Crippen molar-refractivity contribution in [1.29, 1.82) is 0 Å². The van der Waals surface area contributed by atoms with Crippen molar-refractivity contribution >= 4 is 21.6 Å². The van der Waals surface area contributed by atoms with Crippen molar-refractivity contribution < 1.29 is 13.2 Å². The van der Waals surface area contributed by atoms with Gasteiger partial charge in [-0.2, -0.15) is 4.31 Å². The number of hydrogen-bond donors (Lipinski definition) is 0. The van der Waals surface area contributed by atoms with Gasteiger partial charge in [0, 0.05) is 50.5 Å². The van der Waals surface area contributed by atoms with E-state index < -0.39 is 10.0 Å². The zero-order valence-electron chi connectivity index (χ0n) is 18.6. The Morgan fingerprint density at radius 2 is 1.52 bits per heavy atom. The molecule has 2 fully saturated rings. The van der Waals surface area contributed by atoms with Crippen LogP contribution < -0.4 is 4.90 Å². The summed E-state index contributed by atoms with van der Waals surface area (Å²) in [6, 6.07) is 11.2. The van der Waals surface area contributed by atoms with E-state index in [-0.39, 0.29) is 10.8 Å². The van der Waals surface area contributed by atoms with Crippen LogP contribution in [0.15, 0.2) is 41.3 Å². The zero-order chi connectivity index (χ0) is 22.2. The first-order valence-corrected chi connectivity index (χ1v) is 12.4. The number of amides is 1. The fraction of sp³-hybridized carbons (Fsp3) is 0.458. The highest BCUT2D eigenvalue weighted by Crippen LogP contribution is 2.27. The first-order valence-electron chi connectivity index (χ1n) is 11.0. The molecule has 4 rings (SSSR count). The van der Waals surface area contributed by atoms with Gasteiger partial charge in [-0.3, -0.25) is 4.79 Å². The first kappa shape index (κ1) is 21.8. The molecule has 31 heavy (non-hydrogen) atoms. The second-order valence-corrected chi connectivity index (χ2v) is 10.5. The van der Waals surface area contributed by atoms with Crippen molar-refractivity contribution in [2.24, 2.45) is 0 Å². The van der Waals surface area contributed by atoms with Crippen molar-refractivity contribution in [3.63, 3.8) is 0 Å². The molecule has 0 bridgehead atoms. The van der Waals surface area contributed by atoms with Crippen LogP contribution >= 0.6 is 0 Å². The van der Waals surface area contributed by atoms with E-state index >= 15 is 0 Å². The Balaban J connectivity index is 1.52. The molecule has 0 N–H and O–H groups in total. The average molecular weight is 442 g/mol. The molecule has 2 aliphatic rings. The average Bonchev–Trinajstić information content (AvgIpc) is 3.30. The minimum atomic E-state index is -3.65. The van der Waals surface area contributed by atoms with Gasteiger partial charge in [0.2, 0.25) is 10.0 Å². The fourth-order valence-corrected chi connectivity index (χ4v) is 5.93. The van der Waals surface area contributed by atoms with Gasteiger partial charge in [0.05, 0.1) is 4.90 Å². The first-order chi connectivity index (χ1) is 14.8. The SMILES string of the molecule is Cc1ccc(S(=O)(=O)N2CCN(c3cccc(C)c3C)CC2)cc1C(=O)N1CCCC1. The minimum absolute atomic E-state index is 0.0632. The minimum Gasteiger partial charge on any atom is -0.369 e. The molecule has 0 spiro atoms. The summed E-state index contributed by atoms with van der Waals surface area (Å²) < 4.78 is 28.2. The number of nitrogens with zero attached hydrogens (tertiary/aromatic N) is 3. The third-order valence-electron chi connectivity index (χ3n) is 6.63. The predicted molar refractivity (Wildman–Crippen MR) is 123 cm³/mol. The third kappa shape index (κ3) is 4.21. The lowest BCUT2D eigenvalue weighted by molar-refractivity contribution is 0.0792. The number of hydrogen-bond acceptors (Lipinski definition) is 4. The highest BCUT2D eigenvalue weighted by Gasteiger charge is 2.30. The monoisotopic (exact) mass is 441 g/mol. The number of carbonyl (C=O) groups excluding carboxylic acids is 1. The highest BCUT2D eigenvalue weighted by atomic mass is 32.2. The summed E-state index contributed by atoms with van der Waals surface area (Å²) in [6.45, 7) is 9.71. The predicted octanol–water partition coefficient (Wildman–Crippen LogP) is 3.36. The van der Waals surface area contributed by atoms with Crippen LogP contribution in [0.25, 0.3) is 0 Å². The molecule has 0 unspecified atom stereocenters. The molecule has 0 atom stereocenters. The Kier molecular flexibility index (Phi) is 6.08. The van der Waals surface area contributed by atoms with Gasteiger partial charge in [0.15, 0.2) is 0 Å². The van der Waals surface area contributed by atoms with Gasteiger partial charge >= 0.3 is 0 Å². The largest absolute Gasteiger partial charge is 0.369 e. The smallest absolute Gasteiger partial charge is 0.254 e. The Morgan fingerprint density at radius 1 is 0.839 bits per heavy atom. The lowest BCUT2D eigenvalue weighted by Gasteiger charge is -2.36. The number of rotatable bonds is 4. The Hall–Kier alpha value is -2.38. The second kappa shape index (κ2) is 8.63. The zero-order valence-corrected chi connectivity index (χ0v) is 19.4. The van der Waals surface area contributed by atoms with E-state index in [0.717, 1.165) is 31.5 Å². The van der Waals surface area contributed by atoms with Gasteiger partial charge < -0.3 is 9.80 Å². The van der Waals surface area contributed by atoms with Crippen molar-refractivity contribution in [3.05, 3.63) is 58.7 Å². The van der Waals surface area contributed by atoms with E-state index in [1.807, 2.05) is 17.9 Å². The molecule has 0 radical (unpaired) electrons. The van der Waals surface area contributed by atoms with Gasteiger partial charge in [-0.05, 0) is 68.5 Å². The van der Waals surface area contributed by atoms with Crippen LogP contribution in [-0.4, -0.2) is 62.8 Å². The summed E-state index contributed by atoms with van der Waals surface area (Å²) in [7, 11) is -3.65. The summed E-state index contributed by atoms with van der Waals surface area (Å²) in [6.07, 6.45) is 2.01. The van der Waals surface area contributed by atoms with E-state index in [0.29, 0.717) is 31.7 Å². The standard InChI is InChI=1S/C24H31N3O3S/c1-18-7-6-8-23(20(18)3)25-13-15-27(16-14-25)31(29,30)21-10-9-19(2)22(17-21)24(28)26-11-4-5-12-26/h6-10,17H,4-5,11-16H2,1-3H3. The van der Waals surface area contributed by atoms with Crippen LogP contribution in [0, 0.1) is 20.8 Å². The maximum absolute atomic E-state index is 13.3. The fourth-order valence-electron chi connectivity index (χ4n) is 4.48. The summed E-state index contributed by atoms with van der Waals surface area (Å²) in [5, 5.41) is 0. The highest BCUT2D eigenvalue weighted by molar-refractivity contribution is 7.89. The Bertz CT molecular complexity index is 1080. The molecule has 2 aliphatic heterocycles. The number of anilines is 1. The van der Waals surface area contributed by atoms with Gasteiger partial charge in [-0.1, -0.05) is 18.2 Å². The molecule has 166 valence electrons. The lowest BCUT2D eigenvalue weighted by Crippen LogP contribution is -2.48. The van der Waals surface area contributed by atoms with Crippen LogP contribution in [0.2, 0.25) is 0 Å². The van der Waals surface area contributed by atoms with Crippen LogP contribution in [0.3, 0.4) is 0 Å². The summed E-state index contributed by atoms with van der Waals surface area (Å²) in [4.78, 5) is 17.2. The normalized spacial score (nSPS) is 17.9. The quantitative estimate of drug-likeness (QED) is 0.730. The van der Waals surface area contributed by atoms with Crippen molar-refractivity contribution in [2.45, 2.75) is 38.5 Å². The molecule has 2 aromatic rings. The maximum Gasteiger partial charge on any atom is 0.254 e. The number of sulfonamides is 1. The van der Waals surface area contributed by atoms with Crippen LogP contribution in [0.5, 0.6) is 0 Å². The molecule has 6 nitrogen and oxygen atoms in total. The van der Waals surface area contributed by atoms with Crippen molar-refractivity contribution in [1.82, 2.24) is 9.21 Å². The van der Waals surface area contributed by atoms with Crippen LogP contribution in [0.1, 0.15) is 39.9 Å². The molecule has 0 aliphatic carbocycles. The molecule has 0 saturated carbocycles. The molecule has 0 aromatic heterocycles.